The first kappa shape index (κ1) is 16.9. The van der Waals surface area contributed by atoms with Gasteiger partial charge in [0.05, 0.1) is 6.26 Å². The van der Waals surface area contributed by atoms with Gasteiger partial charge in [0, 0.05) is 32.1 Å². The second-order valence-corrected chi connectivity index (χ2v) is 6.18. The summed E-state index contributed by atoms with van der Waals surface area (Å²) in [4.78, 5) is 27.7. The first-order chi connectivity index (χ1) is 12.0. The smallest absolute Gasteiger partial charge is 0.289 e. The van der Waals surface area contributed by atoms with Crippen molar-refractivity contribution in [3.8, 4) is 0 Å². The Bertz CT molecular complexity index is 719. The van der Waals surface area contributed by atoms with Gasteiger partial charge in [-0.2, -0.15) is 0 Å². The lowest BCUT2D eigenvalue weighted by Gasteiger charge is -2.34. The Labute approximate surface area is 145 Å². The number of furan rings is 1. The molecule has 0 radical (unpaired) electrons. The molecule has 1 saturated heterocycles. The van der Waals surface area contributed by atoms with Crippen molar-refractivity contribution in [1.82, 2.24) is 15.1 Å². The zero-order chi connectivity index (χ0) is 17.8. The molecule has 1 fully saturated rings. The van der Waals surface area contributed by atoms with Gasteiger partial charge >= 0.3 is 0 Å². The maximum Gasteiger partial charge on any atom is 0.289 e. The fourth-order valence-corrected chi connectivity index (χ4v) is 2.53. The van der Waals surface area contributed by atoms with Gasteiger partial charge in [0.15, 0.2) is 17.4 Å². The number of hydrogen-bond donors (Lipinski definition) is 1. The molecule has 0 saturated carbocycles. The fraction of sp³-hybridized carbons (Fsp3) is 0.412. The molecule has 132 valence electrons. The third-order valence-corrected chi connectivity index (χ3v) is 4.05. The molecule has 0 aromatic carbocycles. The number of nitrogens with one attached hydrogen (secondary N) is 1. The second-order valence-electron chi connectivity index (χ2n) is 6.18. The molecule has 0 aliphatic carbocycles. The Morgan fingerprint density at radius 1 is 1.12 bits per heavy atom. The minimum Gasteiger partial charge on any atom is -0.459 e. The second kappa shape index (κ2) is 7.33. The number of anilines is 2. The summed E-state index contributed by atoms with van der Waals surface area (Å²) in [5.74, 6) is 1.23. The third kappa shape index (κ3) is 3.96. The van der Waals surface area contributed by atoms with Crippen molar-refractivity contribution < 1.29 is 14.0 Å². The summed E-state index contributed by atoms with van der Waals surface area (Å²) in [6.45, 7) is 6.15. The first-order valence-corrected chi connectivity index (χ1v) is 8.27. The van der Waals surface area contributed by atoms with E-state index in [1.807, 2.05) is 19.9 Å². The number of piperazine rings is 1. The van der Waals surface area contributed by atoms with Crippen LogP contribution in [-0.2, 0) is 4.79 Å². The van der Waals surface area contributed by atoms with Gasteiger partial charge in [-0.05, 0) is 24.3 Å². The van der Waals surface area contributed by atoms with Crippen LogP contribution in [-0.4, -0.2) is 53.1 Å². The Morgan fingerprint density at radius 2 is 1.88 bits per heavy atom. The number of aromatic nitrogens is 2. The van der Waals surface area contributed by atoms with Gasteiger partial charge in [-0.15, -0.1) is 10.2 Å². The quantitative estimate of drug-likeness (QED) is 0.907. The summed E-state index contributed by atoms with van der Waals surface area (Å²) >= 11 is 0. The number of nitrogens with zero attached hydrogens (tertiary/aromatic N) is 4. The summed E-state index contributed by atoms with van der Waals surface area (Å²) in [5, 5.41) is 10.9. The minimum atomic E-state index is -0.110. The Hall–Kier alpha value is -2.90. The van der Waals surface area contributed by atoms with Crippen LogP contribution in [0.2, 0.25) is 0 Å². The average Bonchev–Trinajstić information content (AvgIpc) is 3.16. The van der Waals surface area contributed by atoms with E-state index in [9.17, 15) is 9.59 Å². The molecule has 2 aromatic heterocycles. The van der Waals surface area contributed by atoms with Crippen LogP contribution in [0.5, 0.6) is 0 Å². The molecule has 8 nitrogen and oxygen atoms in total. The summed E-state index contributed by atoms with van der Waals surface area (Å²) in [6.07, 6.45) is 1.50. The molecule has 2 aromatic rings. The number of hydrogen-bond acceptors (Lipinski definition) is 6. The molecular weight excluding hydrogens is 322 g/mol. The van der Waals surface area contributed by atoms with E-state index in [0.29, 0.717) is 37.8 Å². The van der Waals surface area contributed by atoms with Crippen LogP contribution in [0.3, 0.4) is 0 Å². The van der Waals surface area contributed by atoms with Gasteiger partial charge in [-0.3, -0.25) is 9.59 Å². The van der Waals surface area contributed by atoms with E-state index < -0.39 is 0 Å². The maximum atomic E-state index is 12.3. The molecule has 0 atom stereocenters. The van der Waals surface area contributed by atoms with Gasteiger partial charge in [-0.25, -0.2) is 0 Å². The van der Waals surface area contributed by atoms with Gasteiger partial charge in [0.2, 0.25) is 5.91 Å². The molecule has 1 aliphatic heterocycles. The lowest BCUT2D eigenvalue weighted by Crippen LogP contribution is -2.49. The van der Waals surface area contributed by atoms with Crippen LogP contribution in [0.4, 0.5) is 11.6 Å². The number of amides is 2. The van der Waals surface area contributed by atoms with Gasteiger partial charge in [0.1, 0.15) is 0 Å². The molecule has 25 heavy (non-hydrogen) atoms. The first-order valence-electron chi connectivity index (χ1n) is 8.27. The Morgan fingerprint density at radius 3 is 2.44 bits per heavy atom. The van der Waals surface area contributed by atoms with Crippen LogP contribution in [0.25, 0.3) is 0 Å². The summed E-state index contributed by atoms with van der Waals surface area (Å²) in [5.41, 5.74) is 0. The van der Waals surface area contributed by atoms with Crippen LogP contribution >= 0.6 is 0 Å². The molecule has 2 amide bonds. The van der Waals surface area contributed by atoms with Crippen molar-refractivity contribution in [1.29, 1.82) is 0 Å². The van der Waals surface area contributed by atoms with Gasteiger partial charge in [-0.1, -0.05) is 13.8 Å². The zero-order valence-electron chi connectivity index (χ0n) is 14.3. The van der Waals surface area contributed by atoms with E-state index in [2.05, 4.69) is 20.4 Å². The molecule has 3 heterocycles. The van der Waals surface area contributed by atoms with E-state index in [1.165, 1.54) is 6.26 Å². The molecule has 3 rings (SSSR count). The minimum absolute atomic E-state index is 0.0906. The lowest BCUT2D eigenvalue weighted by molar-refractivity contribution is -0.118. The number of carbonyl (C=O) groups is 2. The van der Waals surface area contributed by atoms with Crippen LogP contribution in [0.15, 0.2) is 34.9 Å². The number of rotatable bonds is 4. The number of carbonyl (C=O) groups excluding carboxylic acids is 2. The van der Waals surface area contributed by atoms with Crippen molar-refractivity contribution in [3.05, 3.63) is 36.3 Å². The summed E-state index contributed by atoms with van der Waals surface area (Å²) < 4.78 is 5.16. The van der Waals surface area contributed by atoms with E-state index in [-0.39, 0.29) is 17.7 Å². The summed E-state index contributed by atoms with van der Waals surface area (Å²) in [7, 11) is 0. The van der Waals surface area contributed by atoms with Crippen molar-refractivity contribution in [3.63, 3.8) is 0 Å². The molecule has 1 aliphatic rings. The van der Waals surface area contributed by atoms with Gasteiger partial charge in [0.25, 0.3) is 5.91 Å². The van der Waals surface area contributed by atoms with Crippen LogP contribution < -0.4 is 10.2 Å². The van der Waals surface area contributed by atoms with E-state index in [1.54, 1.807) is 23.1 Å². The molecule has 0 bridgehead atoms. The predicted molar refractivity (Wildman–Crippen MR) is 92.3 cm³/mol. The average molecular weight is 343 g/mol. The monoisotopic (exact) mass is 343 g/mol. The van der Waals surface area contributed by atoms with Crippen molar-refractivity contribution in [2.75, 3.05) is 36.4 Å². The largest absolute Gasteiger partial charge is 0.459 e. The van der Waals surface area contributed by atoms with Crippen molar-refractivity contribution in [2.24, 2.45) is 5.92 Å². The van der Waals surface area contributed by atoms with E-state index in [0.717, 1.165) is 5.82 Å². The molecule has 0 unspecified atom stereocenters. The SMILES string of the molecule is CC(C)C(=O)Nc1ccc(N2CCN(C(=O)c3ccco3)CC2)nn1. The third-order valence-electron chi connectivity index (χ3n) is 4.05. The molecule has 0 spiro atoms. The van der Waals surface area contributed by atoms with Crippen LogP contribution in [0, 0.1) is 5.92 Å². The maximum absolute atomic E-state index is 12.3. The summed E-state index contributed by atoms with van der Waals surface area (Å²) in [6, 6.07) is 6.94. The highest BCUT2D eigenvalue weighted by atomic mass is 16.3. The highest BCUT2D eigenvalue weighted by molar-refractivity contribution is 5.92. The zero-order valence-corrected chi connectivity index (χ0v) is 14.3. The standard InChI is InChI=1S/C17H21N5O3/c1-12(2)16(23)18-14-5-6-15(20-19-14)21-7-9-22(10-8-21)17(24)13-4-3-11-25-13/h3-6,11-12H,7-10H2,1-2H3,(H,18,19,23). The van der Waals surface area contributed by atoms with Crippen molar-refractivity contribution in [2.45, 2.75) is 13.8 Å². The van der Waals surface area contributed by atoms with Crippen LogP contribution in [0.1, 0.15) is 24.4 Å². The molecular formula is C17H21N5O3. The Kier molecular flexibility index (Phi) is 4.97. The highest BCUT2D eigenvalue weighted by Crippen LogP contribution is 2.16. The molecule has 1 N–H and O–H groups in total. The molecule has 8 heteroatoms. The van der Waals surface area contributed by atoms with E-state index in [4.69, 9.17) is 4.42 Å². The highest BCUT2D eigenvalue weighted by Gasteiger charge is 2.24. The normalized spacial score (nSPS) is 14.7. The van der Waals surface area contributed by atoms with Gasteiger partial charge < -0.3 is 19.5 Å². The Balaban J connectivity index is 1.56. The van der Waals surface area contributed by atoms with Crippen molar-refractivity contribution >= 4 is 23.5 Å². The fourth-order valence-electron chi connectivity index (χ4n) is 2.53. The predicted octanol–water partition coefficient (Wildman–Crippen LogP) is 1.63. The lowest BCUT2D eigenvalue weighted by atomic mass is 10.2. The van der Waals surface area contributed by atoms with E-state index >= 15 is 0 Å². The topological polar surface area (TPSA) is 91.6 Å².